The number of unbranched alkanes of at least 4 members (excludes halogenated alkanes) is 1. The first-order chi connectivity index (χ1) is 15.1. The van der Waals surface area contributed by atoms with Crippen molar-refractivity contribution in [3.8, 4) is 0 Å². The van der Waals surface area contributed by atoms with E-state index in [0.717, 1.165) is 63.1 Å². The van der Waals surface area contributed by atoms with Gasteiger partial charge in [0.15, 0.2) is 5.60 Å². The average molecular weight is 429 g/mol. The first-order valence-electron chi connectivity index (χ1n) is 12.9. The zero-order chi connectivity index (χ0) is 22.1. The lowest BCUT2D eigenvalue weighted by Gasteiger charge is -2.37. The molecule has 2 N–H and O–H groups in total. The van der Waals surface area contributed by atoms with Crippen molar-refractivity contribution in [2.45, 2.75) is 96.1 Å². The summed E-state index contributed by atoms with van der Waals surface area (Å²) in [7, 11) is 0. The van der Waals surface area contributed by atoms with Crippen LogP contribution in [-0.2, 0) is 10.4 Å². The van der Waals surface area contributed by atoms with Gasteiger partial charge in [0.1, 0.15) is 0 Å². The molecule has 1 aromatic rings. The van der Waals surface area contributed by atoms with Gasteiger partial charge in [0.25, 0.3) is 5.91 Å². The summed E-state index contributed by atoms with van der Waals surface area (Å²) in [4.78, 5) is 15.9. The van der Waals surface area contributed by atoms with Crippen LogP contribution in [0, 0.1) is 11.8 Å². The number of piperidine rings is 1. The van der Waals surface area contributed by atoms with Gasteiger partial charge < -0.3 is 15.3 Å². The second kappa shape index (κ2) is 12.0. The highest BCUT2D eigenvalue weighted by Gasteiger charge is 2.46. The Kier molecular flexibility index (Phi) is 9.40. The number of hydrogen-bond donors (Lipinski definition) is 2. The summed E-state index contributed by atoms with van der Waals surface area (Å²) in [6.45, 7) is 7.86. The first kappa shape index (κ1) is 24.3. The van der Waals surface area contributed by atoms with Gasteiger partial charge >= 0.3 is 0 Å². The van der Waals surface area contributed by atoms with E-state index in [-0.39, 0.29) is 17.9 Å². The van der Waals surface area contributed by atoms with Crippen LogP contribution in [0.25, 0.3) is 0 Å². The number of nitrogens with one attached hydrogen (secondary N) is 1. The SMILES string of the molecule is CCCCC(CC)CCN1CCC(NC(=O)C(O)(c2ccccc2)C2CCCC2)CC1. The van der Waals surface area contributed by atoms with Gasteiger partial charge in [-0.05, 0) is 50.1 Å². The maximum absolute atomic E-state index is 13.4. The molecule has 1 saturated carbocycles. The van der Waals surface area contributed by atoms with Gasteiger partial charge in [-0.3, -0.25) is 4.79 Å². The monoisotopic (exact) mass is 428 g/mol. The predicted octanol–water partition coefficient (Wildman–Crippen LogP) is 5.25. The van der Waals surface area contributed by atoms with Crippen LogP contribution in [0.2, 0.25) is 0 Å². The van der Waals surface area contributed by atoms with Gasteiger partial charge in [0.2, 0.25) is 0 Å². The Hall–Kier alpha value is -1.39. The predicted molar refractivity (Wildman–Crippen MR) is 128 cm³/mol. The van der Waals surface area contributed by atoms with Crippen molar-refractivity contribution in [3.05, 3.63) is 35.9 Å². The van der Waals surface area contributed by atoms with E-state index in [1.165, 1.54) is 38.6 Å². The van der Waals surface area contributed by atoms with Gasteiger partial charge in [-0.25, -0.2) is 0 Å². The molecular formula is C27H44N2O2. The number of likely N-dealkylation sites (tertiary alicyclic amines) is 1. The molecule has 1 saturated heterocycles. The summed E-state index contributed by atoms with van der Waals surface area (Å²) in [5.74, 6) is 0.684. The molecule has 0 aromatic heterocycles. The molecule has 1 aliphatic carbocycles. The fraction of sp³-hybridized carbons (Fsp3) is 0.741. The summed E-state index contributed by atoms with van der Waals surface area (Å²) >= 11 is 0. The zero-order valence-corrected chi connectivity index (χ0v) is 19.8. The maximum Gasteiger partial charge on any atom is 0.257 e. The number of rotatable bonds is 11. The van der Waals surface area contributed by atoms with Crippen LogP contribution in [0.15, 0.2) is 30.3 Å². The molecule has 2 atom stereocenters. The zero-order valence-electron chi connectivity index (χ0n) is 19.8. The number of nitrogens with zero attached hydrogens (tertiary/aromatic N) is 1. The van der Waals surface area contributed by atoms with Crippen LogP contribution >= 0.6 is 0 Å². The molecule has 1 aromatic carbocycles. The molecule has 0 radical (unpaired) electrons. The molecule has 1 heterocycles. The Morgan fingerprint density at radius 1 is 1.10 bits per heavy atom. The first-order valence-corrected chi connectivity index (χ1v) is 12.9. The summed E-state index contributed by atoms with van der Waals surface area (Å²) in [5.41, 5.74) is -0.655. The Balaban J connectivity index is 1.52. The number of amides is 1. The van der Waals surface area contributed by atoms with Crippen LogP contribution in [0.3, 0.4) is 0 Å². The van der Waals surface area contributed by atoms with Gasteiger partial charge in [0, 0.05) is 25.0 Å². The lowest BCUT2D eigenvalue weighted by molar-refractivity contribution is -0.148. The van der Waals surface area contributed by atoms with Crippen molar-refractivity contribution in [2.75, 3.05) is 19.6 Å². The molecule has 0 bridgehead atoms. The molecule has 2 unspecified atom stereocenters. The van der Waals surface area contributed by atoms with Crippen molar-refractivity contribution in [1.82, 2.24) is 10.2 Å². The van der Waals surface area contributed by atoms with Crippen molar-refractivity contribution in [3.63, 3.8) is 0 Å². The summed E-state index contributed by atoms with van der Waals surface area (Å²) in [5, 5.41) is 14.9. The second-order valence-electron chi connectivity index (χ2n) is 9.91. The molecule has 1 aliphatic heterocycles. The molecule has 4 nitrogen and oxygen atoms in total. The van der Waals surface area contributed by atoms with Crippen molar-refractivity contribution >= 4 is 5.91 Å². The van der Waals surface area contributed by atoms with Crippen LogP contribution < -0.4 is 5.32 Å². The van der Waals surface area contributed by atoms with Crippen LogP contribution in [0.1, 0.15) is 90.0 Å². The molecule has 174 valence electrons. The standard InChI is InChI=1S/C27H44N2O2/c1-3-5-11-22(4-2)16-19-29-20-17-25(18-21-29)28-26(30)27(31,24-14-9-10-15-24)23-12-7-6-8-13-23/h6-8,12-13,22,24-25,31H,3-5,9-11,14-21H2,1-2H3,(H,28,30). The smallest absolute Gasteiger partial charge is 0.257 e. The number of aliphatic hydroxyl groups is 1. The highest BCUT2D eigenvalue weighted by Crippen LogP contribution is 2.41. The second-order valence-corrected chi connectivity index (χ2v) is 9.91. The minimum absolute atomic E-state index is 0.0177. The van der Waals surface area contributed by atoms with Crippen molar-refractivity contribution in [1.29, 1.82) is 0 Å². The van der Waals surface area contributed by atoms with E-state index < -0.39 is 5.60 Å². The molecule has 31 heavy (non-hydrogen) atoms. The summed E-state index contributed by atoms with van der Waals surface area (Å²) < 4.78 is 0. The maximum atomic E-state index is 13.4. The highest BCUT2D eigenvalue weighted by atomic mass is 16.3. The minimum atomic E-state index is -1.40. The number of hydrogen-bond acceptors (Lipinski definition) is 3. The van der Waals surface area contributed by atoms with Gasteiger partial charge in [-0.2, -0.15) is 0 Å². The minimum Gasteiger partial charge on any atom is -0.375 e. The Bertz CT molecular complexity index is 650. The fourth-order valence-electron chi connectivity index (χ4n) is 5.59. The normalized spacial score (nSPS) is 21.6. The number of carbonyl (C=O) groups is 1. The van der Waals surface area contributed by atoms with E-state index in [1.807, 2.05) is 30.3 Å². The van der Waals surface area contributed by atoms with E-state index in [1.54, 1.807) is 0 Å². The Morgan fingerprint density at radius 2 is 1.77 bits per heavy atom. The summed E-state index contributed by atoms with van der Waals surface area (Å²) in [6, 6.07) is 9.77. The third kappa shape index (κ3) is 6.32. The van der Waals surface area contributed by atoms with E-state index >= 15 is 0 Å². The molecule has 2 aliphatic rings. The van der Waals surface area contributed by atoms with Gasteiger partial charge in [-0.1, -0.05) is 82.7 Å². The van der Waals surface area contributed by atoms with E-state index in [4.69, 9.17) is 0 Å². The number of benzene rings is 1. The fourth-order valence-corrected chi connectivity index (χ4v) is 5.59. The van der Waals surface area contributed by atoms with Crippen LogP contribution in [0.5, 0.6) is 0 Å². The van der Waals surface area contributed by atoms with Crippen molar-refractivity contribution < 1.29 is 9.90 Å². The van der Waals surface area contributed by atoms with Gasteiger partial charge in [0.05, 0.1) is 0 Å². The quantitative estimate of drug-likeness (QED) is 0.506. The largest absolute Gasteiger partial charge is 0.375 e. The van der Waals surface area contributed by atoms with Gasteiger partial charge in [-0.15, -0.1) is 0 Å². The third-order valence-corrected chi connectivity index (χ3v) is 7.83. The lowest BCUT2D eigenvalue weighted by Crippen LogP contribution is -2.54. The van der Waals surface area contributed by atoms with E-state index in [9.17, 15) is 9.90 Å². The topological polar surface area (TPSA) is 52.6 Å². The average Bonchev–Trinajstić information content (AvgIpc) is 3.36. The molecule has 2 fully saturated rings. The van der Waals surface area contributed by atoms with E-state index in [0.29, 0.717) is 0 Å². The van der Waals surface area contributed by atoms with Crippen LogP contribution in [0.4, 0.5) is 0 Å². The Morgan fingerprint density at radius 3 is 2.39 bits per heavy atom. The molecule has 1 amide bonds. The lowest BCUT2D eigenvalue weighted by atomic mass is 9.79. The molecule has 3 rings (SSSR count). The van der Waals surface area contributed by atoms with E-state index in [2.05, 4.69) is 24.1 Å². The highest BCUT2D eigenvalue weighted by molar-refractivity contribution is 5.87. The summed E-state index contributed by atoms with van der Waals surface area (Å²) in [6.07, 6.45) is 12.6. The Labute approximate surface area is 189 Å². The third-order valence-electron chi connectivity index (χ3n) is 7.83. The van der Waals surface area contributed by atoms with Crippen molar-refractivity contribution in [2.24, 2.45) is 11.8 Å². The van der Waals surface area contributed by atoms with Crippen LogP contribution in [-0.4, -0.2) is 41.6 Å². The molecule has 4 heteroatoms. The molecule has 0 spiro atoms. The number of carbonyl (C=O) groups excluding carboxylic acids is 1. The molecular weight excluding hydrogens is 384 g/mol.